The fourth-order valence-corrected chi connectivity index (χ4v) is 5.04. The van der Waals surface area contributed by atoms with Crippen LogP contribution in [-0.2, 0) is 6.42 Å². The maximum Gasteiger partial charge on any atom is 0.259 e. The molecule has 3 aromatic rings. The van der Waals surface area contributed by atoms with Crippen LogP contribution in [0.15, 0.2) is 66.9 Å². The first-order valence-corrected chi connectivity index (χ1v) is 12.6. The second kappa shape index (κ2) is 10.8. The number of amides is 1. The molecule has 0 unspecified atom stereocenters. The van der Waals surface area contributed by atoms with Crippen molar-refractivity contribution in [2.24, 2.45) is 0 Å². The van der Waals surface area contributed by atoms with Crippen LogP contribution in [0, 0.1) is 11.3 Å². The minimum absolute atomic E-state index is 0.114. The number of carbonyl (C=O) groups is 1. The summed E-state index contributed by atoms with van der Waals surface area (Å²) in [5, 5.41) is 9.10. The van der Waals surface area contributed by atoms with Gasteiger partial charge in [0.25, 0.3) is 5.91 Å². The summed E-state index contributed by atoms with van der Waals surface area (Å²) in [5.41, 5.74) is 3.59. The second-order valence-electron chi connectivity index (χ2n) is 9.38. The Labute approximate surface area is 212 Å². The number of fused-ring (bicyclic) bond motifs is 1. The molecular weight excluding hydrogens is 450 g/mol. The Morgan fingerprint density at radius 3 is 2.61 bits per heavy atom. The number of piperazine rings is 1. The molecule has 0 radical (unpaired) electrons. The number of para-hydroxylation sites is 1. The smallest absolute Gasteiger partial charge is 0.259 e. The van der Waals surface area contributed by atoms with Gasteiger partial charge in [-0.25, -0.2) is 4.98 Å². The van der Waals surface area contributed by atoms with Crippen molar-refractivity contribution in [3.8, 4) is 11.8 Å². The fourth-order valence-electron chi connectivity index (χ4n) is 5.04. The molecule has 184 valence electrons. The molecule has 1 saturated heterocycles. The number of nitriles is 1. The zero-order chi connectivity index (χ0) is 24.9. The third-order valence-corrected chi connectivity index (χ3v) is 7.07. The summed E-state index contributed by atoms with van der Waals surface area (Å²) in [6, 6.07) is 21.1. The molecule has 0 spiro atoms. The minimum Gasteiger partial charge on any atom is -0.491 e. The Kier molecular flexibility index (Phi) is 7.15. The highest BCUT2D eigenvalue weighted by Crippen LogP contribution is 2.36. The number of anilines is 2. The van der Waals surface area contributed by atoms with E-state index in [0.717, 1.165) is 51.4 Å². The molecule has 2 aliphatic rings. The van der Waals surface area contributed by atoms with Gasteiger partial charge in [0.2, 0.25) is 0 Å². The third kappa shape index (κ3) is 5.05. The molecule has 3 heterocycles. The Hall–Kier alpha value is -3.89. The van der Waals surface area contributed by atoms with Gasteiger partial charge in [-0.15, -0.1) is 0 Å². The molecule has 2 aromatic carbocycles. The highest BCUT2D eigenvalue weighted by atomic mass is 16.5. The number of pyridine rings is 1. The first kappa shape index (κ1) is 23.8. The van der Waals surface area contributed by atoms with Gasteiger partial charge >= 0.3 is 0 Å². The highest BCUT2D eigenvalue weighted by molar-refractivity contribution is 6.05. The van der Waals surface area contributed by atoms with E-state index < -0.39 is 0 Å². The van der Waals surface area contributed by atoms with Crippen molar-refractivity contribution in [3.05, 3.63) is 83.6 Å². The first-order valence-electron chi connectivity index (χ1n) is 12.6. The van der Waals surface area contributed by atoms with Crippen molar-refractivity contribution in [2.75, 3.05) is 49.1 Å². The van der Waals surface area contributed by atoms with Gasteiger partial charge in [0.1, 0.15) is 11.6 Å². The summed E-state index contributed by atoms with van der Waals surface area (Å²) in [6.07, 6.45) is 3.87. The third-order valence-electron chi connectivity index (χ3n) is 7.07. The van der Waals surface area contributed by atoms with Crippen LogP contribution in [0.2, 0.25) is 0 Å². The number of carbonyl (C=O) groups excluding carboxylic acids is 1. The summed E-state index contributed by atoms with van der Waals surface area (Å²) in [7, 11) is 0. The van der Waals surface area contributed by atoms with Crippen LogP contribution < -0.4 is 14.5 Å². The largest absolute Gasteiger partial charge is 0.491 e. The molecule has 7 nitrogen and oxygen atoms in total. The summed E-state index contributed by atoms with van der Waals surface area (Å²) >= 11 is 0. The molecular formula is C29H31N5O2. The number of benzene rings is 2. The molecule has 7 heteroatoms. The van der Waals surface area contributed by atoms with Gasteiger partial charge in [0, 0.05) is 50.5 Å². The van der Waals surface area contributed by atoms with Crippen molar-refractivity contribution in [3.63, 3.8) is 0 Å². The second-order valence-corrected chi connectivity index (χ2v) is 9.38. The van der Waals surface area contributed by atoms with Crippen LogP contribution in [0.25, 0.3) is 0 Å². The Balaban J connectivity index is 1.28. The maximum absolute atomic E-state index is 13.5. The predicted octanol–water partition coefficient (Wildman–Crippen LogP) is 4.14. The lowest BCUT2D eigenvalue weighted by molar-refractivity contribution is 0.0973. The summed E-state index contributed by atoms with van der Waals surface area (Å²) in [6.45, 7) is 7.13. The van der Waals surface area contributed by atoms with Crippen molar-refractivity contribution in [1.82, 2.24) is 9.88 Å². The molecule has 0 N–H and O–H groups in total. The van der Waals surface area contributed by atoms with Crippen molar-refractivity contribution >= 4 is 17.4 Å². The van der Waals surface area contributed by atoms with Gasteiger partial charge in [-0.05, 0) is 67.8 Å². The van der Waals surface area contributed by atoms with Crippen LogP contribution >= 0.6 is 0 Å². The van der Waals surface area contributed by atoms with Gasteiger partial charge in [0.15, 0.2) is 0 Å². The number of aromatic nitrogens is 1. The topological polar surface area (TPSA) is 72.7 Å². The molecule has 0 bridgehead atoms. The van der Waals surface area contributed by atoms with E-state index in [9.17, 15) is 4.79 Å². The van der Waals surface area contributed by atoms with Gasteiger partial charge in [-0.3, -0.25) is 14.6 Å². The molecule has 1 aromatic heterocycles. The molecule has 2 aliphatic heterocycles. The Morgan fingerprint density at radius 1 is 1.08 bits per heavy atom. The van der Waals surface area contributed by atoms with Crippen molar-refractivity contribution in [2.45, 2.75) is 25.8 Å². The first-order chi connectivity index (χ1) is 17.6. The van der Waals surface area contributed by atoms with Crippen LogP contribution in [-0.4, -0.2) is 61.2 Å². The molecule has 1 atom stereocenters. The zero-order valence-corrected chi connectivity index (χ0v) is 20.6. The van der Waals surface area contributed by atoms with Gasteiger partial charge in [-0.2, -0.15) is 5.26 Å². The number of ether oxygens (including phenoxy) is 1. The normalized spacial score (nSPS) is 16.4. The van der Waals surface area contributed by atoms with Crippen LogP contribution in [0.4, 0.5) is 11.5 Å². The lowest BCUT2D eigenvalue weighted by atomic mass is 10.0. The number of rotatable bonds is 6. The van der Waals surface area contributed by atoms with E-state index in [0.29, 0.717) is 23.5 Å². The molecule has 1 fully saturated rings. The highest BCUT2D eigenvalue weighted by Gasteiger charge is 2.28. The predicted molar refractivity (Wildman–Crippen MR) is 141 cm³/mol. The molecule has 36 heavy (non-hydrogen) atoms. The number of nitrogens with zero attached hydrogens (tertiary/aromatic N) is 5. The molecule has 1 amide bonds. The average Bonchev–Trinajstić information content (AvgIpc) is 2.95. The average molecular weight is 482 g/mol. The summed E-state index contributed by atoms with van der Waals surface area (Å²) in [5.74, 6) is 1.57. The number of hydrogen-bond acceptors (Lipinski definition) is 6. The minimum atomic E-state index is -0.114. The van der Waals surface area contributed by atoms with E-state index in [1.165, 1.54) is 11.3 Å². The van der Waals surface area contributed by atoms with Gasteiger partial charge in [-0.1, -0.05) is 18.2 Å². The van der Waals surface area contributed by atoms with E-state index in [-0.39, 0.29) is 11.9 Å². The van der Waals surface area contributed by atoms with E-state index >= 15 is 0 Å². The molecule has 5 rings (SSSR count). The Bertz CT molecular complexity index is 1230. The Morgan fingerprint density at radius 2 is 1.89 bits per heavy atom. The number of aryl methyl sites for hydroxylation is 1. The van der Waals surface area contributed by atoms with Crippen LogP contribution in [0.1, 0.15) is 34.8 Å². The molecule has 0 saturated carbocycles. The van der Waals surface area contributed by atoms with Gasteiger partial charge < -0.3 is 9.64 Å². The van der Waals surface area contributed by atoms with Gasteiger partial charge in [0.05, 0.1) is 23.9 Å². The maximum atomic E-state index is 13.5. The van der Waals surface area contributed by atoms with E-state index in [1.54, 1.807) is 35.4 Å². The monoisotopic (exact) mass is 481 g/mol. The van der Waals surface area contributed by atoms with E-state index in [1.807, 2.05) is 18.2 Å². The fraction of sp³-hybridized carbons (Fsp3) is 0.345. The van der Waals surface area contributed by atoms with E-state index in [4.69, 9.17) is 10.00 Å². The van der Waals surface area contributed by atoms with Crippen molar-refractivity contribution < 1.29 is 9.53 Å². The zero-order valence-electron chi connectivity index (χ0n) is 20.6. The lowest BCUT2D eigenvalue weighted by Gasteiger charge is -2.41. The quantitative estimate of drug-likeness (QED) is 0.527. The van der Waals surface area contributed by atoms with Crippen LogP contribution in [0.5, 0.6) is 5.75 Å². The van der Waals surface area contributed by atoms with Crippen LogP contribution in [0.3, 0.4) is 0 Å². The molecule has 0 aliphatic carbocycles. The van der Waals surface area contributed by atoms with Crippen molar-refractivity contribution in [1.29, 1.82) is 5.26 Å². The van der Waals surface area contributed by atoms with E-state index in [2.05, 4.69) is 46.0 Å². The standard InChI is InChI=1S/C29H31N5O2/c1-22(32-15-17-33(18-16-32)26-8-4-6-24-7-5-19-36-28(24)26)21-34(27-9-2-3-14-31-27)29(35)25-12-10-23(20-30)11-13-25/h2-4,6,8-14,22H,5,7,15-19,21H2,1H3/t22-/m1/s1. The summed E-state index contributed by atoms with van der Waals surface area (Å²) in [4.78, 5) is 24.6. The summed E-state index contributed by atoms with van der Waals surface area (Å²) < 4.78 is 6.04. The SMILES string of the molecule is C[C@H](CN(C(=O)c1ccc(C#N)cc1)c1ccccn1)N1CCN(c2cccc3c2OCCC3)CC1. The lowest BCUT2D eigenvalue weighted by Crippen LogP contribution is -2.53. The number of hydrogen-bond donors (Lipinski definition) is 0.